The molecule has 6 heteroatoms. The number of rotatable bonds is 2. The second-order valence-corrected chi connectivity index (χ2v) is 5.55. The number of nitrogens with zero attached hydrogens (tertiary/aromatic N) is 1. The van der Waals surface area contributed by atoms with Crippen LogP contribution in [0, 0.1) is 18.6 Å². The minimum absolute atomic E-state index is 0.218. The molecule has 2 amide bonds. The van der Waals surface area contributed by atoms with Gasteiger partial charge in [-0.3, -0.25) is 14.5 Å². The number of carbonyl (C=O) groups excluding carboxylic acids is 2. The second kappa shape index (κ2) is 5.09. The summed E-state index contributed by atoms with van der Waals surface area (Å²) in [4.78, 5) is 25.6. The Kier molecular flexibility index (Phi) is 3.74. The first-order valence-electron chi connectivity index (χ1n) is 6.83. The molecule has 1 saturated heterocycles. The van der Waals surface area contributed by atoms with E-state index in [4.69, 9.17) is 0 Å². The Morgan fingerprint density at radius 2 is 1.95 bits per heavy atom. The lowest BCUT2D eigenvalue weighted by molar-refractivity contribution is -0.137. The van der Waals surface area contributed by atoms with Gasteiger partial charge < -0.3 is 5.32 Å². The summed E-state index contributed by atoms with van der Waals surface area (Å²) in [6.07, 6.45) is 0.329. The molecular formula is C15H18F2N2O2. The lowest BCUT2D eigenvalue weighted by Crippen LogP contribution is -2.69. The van der Waals surface area contributed by atoms with E-state index in [1.807, 2.05) is 0 Å². The van der Waals surface area contributed by atoms with E-state index in [1.54, 1.807) is 13.8 Å². The van der Waals surface area contributed by atoms with Crippen molar-refractivity contribution in [3.8, 4) is 0 Å². The molecule has 2 atom stereocenters. The van der Waals surface area contributed by atoms with Gasteiger partial charge in [0.25, 0.3) is 5.91 Å². The highest BCUT2D eigenvalue weighted by atomic mass is 19.1. The Labute approximate surface area is 122 Å². The largest absolute Gasteiger partial charge is 0.340 e. The van der Waals surface area contributed by atoms with E-state index >= 15 is 0 Å². The lowest BCUT2D eigenvalue weighted by Gasteiger charge is -2.43. The summed E-state index contributed by atoms with van der Waals surface area (Å²) >= 11 is 0. The normalized spacial score (nSPS) is 26.0. The van der Waals surface area contributed by atoms with Crippen LogP contribution in [0.25, 0.3) is 0 Å². The average Bonchev–Trinajstić information content (AvgIpc) is 2.44. The van der Waals surface area contributed by atoms with E-state index in [2.05, 4.69) is 5.32 Å². The van der Waals surface area contributed by atoms with Gasteiger partial charge in [-0.1, -0.05) is 13.0 Å². The maximum Gasteiger partial charge on any atom is 0.253 e. The molecule has 2 rings (SSSR count). The molecule has 0 radical (unpaired) electrons. The highest BCUT2D eigenvalue weighted by Crippen LogP contribution is 2.32. The summed E-state index contributed by atoms with van der Waals surface area (Å²) in [5.74, 6) is -2.62. The van der Waals surface area contributed by atoms with Gasteiger partial charge in [-0.05, 0) is 38.8 Å². The second-order valence-electron chi connectivity index (χ2n) is 5.55. The molecule has 1 aliphatic rings. The molecule has 0 aromatic heterocycles. The van der Waals surface area contributed by atoms with Gasteiger partial charge in [0.2, 0.25) is 5.91 Å². The SMILES string of the molecule is CCC1(C)NC(=O)C(C)N(c2c(F)ccc(C)c2F)C1=O. The van der Waals surface area contributed by atoms with Crippen molar-refractivity contribution in [3.63, 3.8) is 0 Å². The van der Waals surface area contributed by atoms with E-state index in [-0.39, 0.29) is 5.56 Å². The Hall–Kier alpha value is -1.98. The number of hydrogen-bond donors (Lipinski definition) is 1. The number of nitrogens with one attached hydrogen (secondary N) is 1. The van der Waals surface area contributed by atoms with Gasteiger partial charge in [-0.15, -0.1) is 0 Å². The van der Waals surface area contributed by atoms with Crippen LogP contribution in [0.3, 0.4) is 0 Å². The Morgan fingerprint density at radius 1 is 1.33 bits per heavy atom. The number of halogens is 2. The Bertz CT molecular complexity index is 618. The molecule has 114 valence electrons. The minimum Gasteiger partial charge on any atom is -0.340 e. The fraction of sp³-hybridized carbons (Fsp3) is 0.467. The fourth-order valence-corrected chi connectivity index (χ4v) is 2.39. The van der Waals surface area contributed by atoms with Crippen molar-refractivity contribution < 1.29 is 18.4 Å². The molecule has 0 spiro atoms. The van der Waals surface area contributed by atoms with Gasteiger partial charge in [0.15, 0.2) is 5.82 Å². The first kappa shape index (κ1) is 15.4. The van der Waals surface area contributed by atoms with Crippen molar-refractivity contribution in [2.24, 2.45) is 0 Å². The van der Waals surface area contributed by atoms with Crippen LogP contribution in [-0.2, 0) is 9.59 Å². The van der Waals surface area contributed by atoms with Crippen molar-refractivity contribution >= 4 is 17.5 Å². The van der Waals surface area contributed by atoms with Crippen LogP contribution in [0.2, 0.25) is 0 Å². The monoisotopic (exact) mass is 296 g/mol. The zero-order valence-electron chi connectivity index (χ0n) is 12.5. The zero-order valence-corrected chi connectivity index (χ0v) is 12.5. The third-order valence-electron chi connectivity index (χ3n) is 4.06. The molecule has 1 fully saturated rings. The molecule has 1 aromatic carbocycles. The standard InChI is InChI=1S/C15H18F2N2O2/c1-5-15(4)14(21)19(9(3)13(20)18-15)12-10(16)7-6-8(2)11(12)17/h6-7,9H,5H2,1-4H3,(H,18,20). The molecule has 1 aliphatic heterocycles. The third-order valence-corrected chi connectivity index (χ3v) is 4.06. The molecule has 2 unspecified atom stereocenters. The van der Waals surface area contributed by atoms with Crippen LogP contribution in [0.5, 0.6) is 0 Å². The molecule has 1 aromatic rings. The number of piperazine rings is 1. The molecule has 0 bridgehead atoms. The third kappa shape index (κ3) is 2.28. The van der Waals surface area contributed by atoms with E-state index in [1.165, 1.54) is 19.9 Å². The number of benzene rings is 1. The number of amides is 2. The van der Waals surface area contributed by atoms with E-state index in [0.29, 0.717) is 6.42 Å². The Morgan fingerprint density at radius 3 is 2.52 bits per heavy atom. The summed E-state index contributed by atoms with van der Waals surface area (Å²) in [6.45, 7) is 6.22. The summed E-state index contributed by atoms with van der Waals surface area (Å²) in [5.41, 5.74) is -1.40. The topological polar surface area (TPSA) is 49.4 Å². The maximum atomic E-state index is 14.3. The predicted molar refractivity (Wildman–Crippen MR) is 74.9 cm³/mol. The van der Waals surface area contributed by atoms with Gasteiger partial charge in [0, 0.05) is 0 Å². The summed E-state index contributed by atoms with van der Waals surface area (Å²) in [7, 11) is 0. The molecule has 1 N–H and O–H groups in total. The molecular weight excluding hydrogens is 278 g/mol. The van der Waals surface area contributed by atoms with E-state index in [9.17, 15) is 18.4 Å². The van der Waals surface area contributed by atoms with Crippen LogP contribution in [0.1, 0.15) is 32.8 Å². The molecule has 21 heavy (non-hydrogen) atoms. The van der Waals surface area contributed by atoms with Crippen molar-refractivity contribution in [1.82, 2.24) is 5.32 Å². The van der Waals surface area contributed by atoms with Crippen LogP contribution >= 0.6 is 0 Å². The first-order valence-corrected chi connectivity index (χ1v) is 6.83. The van der Waals surface area contributed by atoms with Crippen LogP contribution in [0.15, 0.2) is 12.1 Å². The number of anilines is 1. The number of hydrogen-bond acceptors (Lipinski definition) is 2. The van der Waals surface area contributed by atoms with Crippen molar-refractivity contribution in [3.05, 3.63) is 29.3 Å². The van der Waals surface area contributed by atoms with E-state index in [0.717, 1.165) is 11.0 Å². The van der Waals surface area contributed by atoms with Gasteiger partial charge >= 0.3 is 0 Å². The molecule has 0 aliphatic carbocycles. The van der Waals surface area contributed by atoms with Crippen LogP contribution in [0.4, 0.5) is 14.5 Å². The highest BCUT2D eigenvalue weighted by Gasteiger charge is 2.47. The summed E-state index contributed by atoms with van der Waals surface area (Å²) < 4.78 is 28.4. The van der Waals surface area contributed by atoms with Crippen LogP contribution < -0.4 is 10.2 Å². The van der Waals surface area contributed by atoms with Gasteiger partial charge in [-0.25, -0.2) is 8.78 Å². The fourth-order valence-electron chi connectivity index (χ4n) is 2.39. The summed E-state index contributed by atoms with van der Waals surface area (Å²) in [5, 5.41) is 2.62. The minimum atomic E-state index is -1.16. The first-order chi connectivity index (χ1) is 9.73. The quantitative estimate of drug-likeness (QED) is 0.910. The number of carbonyl (C=O) groups is 2. The van der Waals surface area contributed by atoms with Gasteiger partial charge in [0.1, 0.15) is 23.1 Å². The van der Waals surface area contributed by atoms with Gasteiger partial charge in [0.05, 0.1) is 0 Å². The zero-order chi connectivity index (χ0) is 15.9. The highest BCUT2D eigenvalue weighted by molar-refractivity contribution is 6.10. The van der Waals surface area contributed by atoms with Gasteiger partial charge in [-0.2, -0.15) is 0 Å². The maximum absolute atomic E-state index is 14.3. The van der Waals surface area contributed by atoms with Crippen molar-refractivity contribution in [1.29, 1.82) is 0 Å². The lowest BCUT2D eigenvalue weighted by atomic mass is 9.91. The van der Waals surface area contributed by atoms with Crippen LogP contribution in [-0.4, -0.2) is 23.4 Å². The molecule has 4 nitrogen and oxygen atoms in total. The Balaban J connectivity index is 2.63. The van der Waals surface area contributed by atoms with Crippen molar-refractivity contribution in [2.45, 2.75) is 45.7 Å². The average molecular weight is 296 g/mol. The smallest absolute Gasteiger partial charge is 0.253 e. The molecule has 0 saturated carbocycles. The number of aryl methyl sites for hydroxylation is 1. The van der Waals surface area contributed by atoms with E-state index < -0.39 is 40.7 Å². The summed E-state index contributed by atoms with van der Waals surface area (Å²) in [6, 6.07) is 1.43. The predicted octanol–water partition coefficient (Wildman–Crippen LogP) is 2.29. The molecule has 1 heterocycles. The van der Waals surface area contributed by atoms with Crippen molar-refractivity contribution in [2.75, 3.05) is 4.90 Å².